The van der Waals surface area contributed by atoms with Gasteiger partial charge in [-0.25, -0.2) is 4.79 Å². The Morgan fingerprint density at radius 2 is 1.82 bits per heavy atom. The zero-order chi connectivity index (χ0) is 23.4. The van der Waals surface area contributed by atoms with Gasteiger partial charge >= 0.3 is 6.03 Å². The van der Waals surface area contributed by atoms with Crippen LogP contribution in [0.2, 0.25) is 0 Å². The number of thiophene rings is 1. The predicted molar refractivity (Wildman–Crippen MR) is 130 cm³/mol. The lowest BCUT2D eigenvalue weighted by molar-refractivity contribution is -0.132. The summed E-state index contributed by atoms with van der Waals surface area (Å²) in [4.78, 5) is 40.6. The van der Waals surface area contributed by atoms with Crippen LogP contribution in [0.4, 0.5) is 4.79 Å². The van der Waals surface area contributed by atoms with Gasteiger partial charge in [0.1, 0.15) is 5.54 Å². The van der Waals surface area contributed by atoms with Crippen LogP contribution in [0.1, 0.15) is 86.8 Å². The Hall–Kier alpha value is -2.67. The molecule has 1 aliphatic carbocycles. The summed E-state index contributed by atoms with van der Waals surface area (Å²) in [5, 5.41) is 8.03. The minimum absolute atomic E-state index is 0.0854. The van der Waals surface area contributed by atoms with Gasteiger partial charge in [0.15, 0.2) is 0 Å². The van der Waals surface area contributed by atoms with Crippen molar-refractivity contribution in [2.24, 2.45) is 0 Å². The van der Waals surface area contributed by atoms with E-state index in [4.69, 9.17) is 0 Å². The first-order chi connectivity index (χ1) is 15.9. The van der Waals surface area contributed by atoms with Gasteiger partial charge in [0.05, 0.1) is 6.04 Å². The number of amides is 4. The summed E-state index contributed by atoms with van der Waals surface area (Å²) in [6.45, 7) is 4.48. The van der Waals surface area contributed by atoms with Gasteiger partial charge in [-0.2, -0.15) is 0 Å². The van der Waals surface area contributed by atoms with E-state index in [-0.39, 0.29) is 36.9 Å². The van der Waals surface area contributed by atoms with Gasteiger partial charge in [-0.1, -0.05) is 63.4 Å². The Morgan fingerprint density at radius 1 is 1.12 bits per heavy atom. The molecular formula is C26H33N3O3S. The maximum atomic E-state index is 13.0. The number of rotatable bonds is 8. The highest BCUT2D eigenvalue weighted by Gasteiger charge is 2.51. The van der Waals surface area contributed by atoms with Crippen LogP contribution in [-0.4, -0.2) is 34.8 Å². The Bertz CT molecular complexity index is 981. The fourth-order valence-electron chi connectivity index (χ4n) is 4.85. The molecule has 0 radical (unpaired) electrons. The number of nitrogens with zero attached hydrogens (tertiary/aromatic N) is 1. The fourth-order valence-corrected chi connectivity index (χ4v) is 5.65. The van der Waals surface area contributed by atoms with Gasteiger partial charge in [-0.15, -0.1) is 11.3 Å². The number of carbonyl (C=O) groups excluding carboxylic acids is 3. The minimum atomic E-state index is -0.747. The summed E-state index contributed by atoms with van der Waals surface area (Å²) >= 11 is 1.60. The van der Waals surface area contributed by atoms with Crippen molar-refractivity contribution in [1.29, 1.82) is 0 Å². The van der Waals surface area contributed by atoms with E-state index < -0.39 is 5.54 Å². The molecule has 7 heteroatoms. The third kappa shape index (κ3) is 4.98. The SMILES string of the molecule is CCC(C)c1ccc(C(NC(=O)CCN2C(=O)NC3(CCCCC3)C2=O)c2cccs2)cc1. The quantitative estimate of drug-likeness (QED) is 0.530. The second-order valence-electron chi connectivity index (χ2n) is 9.27. The molecule has 0 bridgehead atoms. The summed E-state index contributed by atoms with van der Waals surface area (Å²) in [6.07, 6.45) is 5.52. The molecule has 2 aromatic rings. The molecule has 2 unspecified atom stereocenters. The van der Waals surface area contributed by atoms with Gasteiger partial charge < -0.3 is 10.6 Å². The summed E-state index contributed by atoms with van der Waals surface area (Å²) in [5.74, 6) is 0.144. The van der Waals surface area contributed by atoms with E-state index >= 15 is 0 Å². The van der Waals surface area contributed by atoms with Crippen LogP contribution in [0.5, 0.6) is 0 Å². The van der Waals surface area contributed by atoms with Crippen molar-refractivity contribution in [2.75, 3.05) is 6.54 Å². The summed E-state index contributed by atoms with van der Waals surface area (Å²) < 4.78 is 0. The average Bonchev–Trinajstić information content (AvgIpc) is 3.44. The fraction of sp³-hybridized carbons (Fsp3) is 0.500. The zero-order valence-corrected chi connectivity index (χ0v) is 20.2. The van der Waals surface area contributed by atoms with E-state index in [0.29, 0.717) is 18.8 Å². The molecule has 2 fully saturated rings. The van der Waals surface area contributed by atoms with Crippen molar-refractivity contribution in [3.8, 4) is 0 Å². The molecular weight excluding hydrogens is 434 g/mol. The van der Waals surface area contributed by atoms with E-state index in [2.05, 4.69) is 48.7 Å². The van der Waals surface area contributed by atoms with Crippen LogP contribution in [0.3, 0.4) is 0 Å². The van der Waals surface area contributed by atoms with Crippen LogP contribution >= 0.6 is 11.3 Å². The number of imide groups is 1. The molecule has 4 amide bonds. The first-order valence-corrected chi connectivity index (χ1v) is 12.9. The molecule has 2 N–H and O–H groups in total. The van der Waals surface area contributed by atoms with E-state index in [1.54, 1.807) is 11.3 Å². The van der Waals surface area contributed by atoms with Crippen LogP contribution in [0.25, 0.3) is 0 Å². The molecule has 1 aromatic heterocycles. The topological polar surface area (TPSA) is 78.5 Å². The number of carbonyl (C=O) groups is 3. The molecule has 2 aliphatic rings. The highest BCUT2D eigenvalue weighted by Crippen LogP contribution is 2.34. The summed E-state index contributed by atoms with van der Waals surface area (Å²) in [6, 6.07) is 11.8. The predicted octanol–water partition coefficient (Wildman–Crippen LogP) is 5.11. The highest BCUT2D eigenvalue weighted by molar-refractivity contribution is 7.10. The lowest BCUT2D eigenvalue weighted by atomic mass is 9.82. The largest absolute Gasteiger partial charge is 0.344 e. The van der Waals surface area contributed by atoms with Crippen LogP contribution in [-0.2, 0) is 9.59 Å². The second kappa shape index (κ2) is 10.1. The highest BCUT2D eigenvalue weighted by atomic mass is 32.1. The maximum Gasteiger partial charge on any atom is 0.325 e. The molecule has 1 aliphatic heterocycles. The first-order valence-electron chi connectivity index (χ1n) is 12.0. The number of urea groups is 1. The zero-order valence-electron chi connectivity index (χ0n) is 19.4. The first kappa shape index (κ1) is 23.5. The third-order valence-corrected chi connectivity index (χ3v) is 8.04. The Morgan fingerprint density at radius 3 is 2.45 bits per heavy atom. The average molecular weight is 468 g/mol. The Balaban J connectivity index is 1.42. The standard InChI is InChI=1S/C26H33N3O3S/c1-3-18(2)19-9-11-20(12-10-19)23(21-8-7-17-33-21)27-22(30)13-16-29-24(31)26(28-25(29)32)14-5-4-6-15-26/h7-12,17-18,23H,3-6,13-16H2,1-2H3,(H,27,30)(H,28,32). The van der Waals surface area contributed by atoms with Crippen molar-refractivity contribution < 1.29 is 14.4 Å². The number of nitrogens with one attached hydrogen (secondary N) is 2. The molecule has 1 aromatic carbocycles. The molecule has 33 heavy (non-hydrogen) atoms. The Labute approximate surface area is 199 Å². The number of hydrogen-bond acceptors (Lipinski definition) is 4. The lowest BCUT2D eigenvalue weighted by Gasteiger charge is -2.30. The smallest absolute Gasteiger partial charge is 0.325 e. The van der Waals surface area contributed by atoms with Crippen molar-refractivity contribution in [3.05, 3.63) is 57.8 Å². The van der Waals surface area contributed by atoms with Gasteiger partial charge in [0.25, 0.3) is 5.91 Å². The molecule has 1 saturated carbocycles. The van der Waals surface area contributed by atoms with Crippen molar-refractivity contribution in [1.82, 2.24) is 15.5 Å². The number of hydrogen-bond donors (Lipinski definition) is 2. The Kier molecular flexibility index (Phi) is 7.17. The molecule has 1 saturated heterocycles. The minimum Gasteiger partial charge on any atom is -0.344 e. The lowest BCUT2D eigenvalue weighted by Crippen LogP contribution is -2.48. The maximum absolute atomic E-state index is 13.0. The molecule has 4 rings (SSSR count). The van der Waals surface area contributed by atoms with Gasteiger partial charge in [-0.3, -0.25) is 14.5 Å². The van der Waals surface area contributed by atoms with Crippen molar-refractivity contribution in [2.45, 2.75) is 76.3 Å². The molecule has 176 valence electrons. The van der Waals surface area contributed by atoms with E-state index in [1.807, 2.05) is 17.5 Å². The third-order valence-electron chi connectivity index (χ3n) is 7.10. The van der Waals surface area contributed by atoms with Gasteiger partial charge in [0, 0.05) is 17.8 Å². The molecule has 6 nitrogen and oxygen atoms in total. The normalized spacial score (nSPS) is 19.4. The molecule has 2 heterocycles. The van der Waals surface area contributed by atoms with E-state index in [9.17, 15) is 14.4 Å². The molecule has 2 atom stereocenters. The van der Waals surface area contributed by atoms with Gasteiger partial charge in [0.2, 0.25) is 5.91 Å². The van der Waals surface area contributed by atoms with Crippen LogP contribution < -0.4 is 10.6 Å². The van der Waals surface area contributed by atoms with E-state index in [0.717, 1.165) is 36.1 Å². The monoisotopic (exact) mass is 467 g/mol. The van der Waals surface area contributed by atoms with Gasteiger partial charge in [-0.05, 0) is 47.8 Å². The number of benzene rings is 1. The second-order valence-corrected chi connectivity index (χ2v) is 10.3. The summed E-state index contributed by atoms with van der Waals surface area (Å²) in [7, 11) is 0. The summed E-state index contributed by atoms with van der Waals surface area (Å²) in [5.41, 5.74) is 1.56. The van der Waals surface area contributed by atoms with Crippen LogP contribution in [0.15, 0.2) is 41.8 Å². The van der Waals surface area contributed by atoms with E-state index in [1.165, 1.54) is 10.5 Å². The molecule has 1 spiro atoms. The van der Waals surface area contributed by atoms with Crippen molar-refractivity contribution >= 4 is 29.2 Å². The van der Waals surface area contributed by atoms with Crippen LogP contribution in [0, 0.1) is 0 Å². The van der Waals surface area contributed by atoms with Crippen molar-refractivity contribution in [3.63, 3.8) is 0 Å².